The van der Waals surface area contributed by atoms with Crippen molar-refractivity contribution in [2.45, 2.75) is 41.6 Å². The zero-order valence-electron chi connectivity index (χ0n) is 7.68. The molecule has 0 radical (unpaired) electrons. The molecule has 2 fully saturated rings. The van der Waals surface area contributed by atoms with Gasteiger partial charge in [-0.15, -0.1) is 0 Å². The van der Waals surface area contributed by atoms with E-state index in [2.05, 4.69) is 18.8 Å². The van der Waals surface area contributed by atoms with Crippen LogP contribution in [0, 0.1) is 5.92 Å². The normalized spacial score (nSPS) is 44.8. The van der Waals surface area contributed by atoms with E-state index in [1.54, 1.807) is 0 Å². The van der Waals surface area contributed by atoms with E-state index in [0.29, 0.717) is 5.60 Å². The molecule has 2 aliphatic carbocycles. The van der Waals surface area contributed by atoms with Gasteiger partial charge in [0.05, 0.1) is 0 Å². The summed E-state index contributed by atoms with van der Waals surface area (Å²) in [5.74, 6) is 1.05. The van der Waals surface area contributed by atoms with Gasteiger partial charge in [-0.3, -0.25) is 0 Å². The van der Waals surface area contributed by atoms with Gasteiger partial charge in [-0.25, -0.2) is 0 Å². The molecule has 66 valence electrons. The molecule has 0 aliphatic heterocycles. The Morgan fingerprint density at radius 2 is 2.17 bits per heavy atom. The van der Waals surface area contributed by atoms with E-state index in [1.165, 1.54) is 25.7 Å². The predicted octanol–water partition coefficient (Wildman–Crippen LogP) is 3.15. The van der Waals surface area contributed by atoms with E-state index in [0.717, 1.165) is 16.0 Å². The molecule has 1 atom stereocenters. The van der Waals surface area contributed by atoms with Crippen LogP contribution in [0.3, 0.4) is 0 Å². The first-order valence-electron chi connectivity index (χ1n) is 5.02. The molecule has 0 saturated heterocycles. The van der Waals surface area contributed by atoms with Crippen molar-refractivity contribution in [2.24, 2.45) is 5.92 Å². The van der Waals surface area contributed by atoms with Gasteiger partial charge in [-0.2, -0.15) is 0 Å². The van der Waals surface area contributed by atoms with Gasteiger partial charge in [0.15, 0.2) is 0 Å². The molecule has 2 saturated carbocycles. The molecule has 0 aromatic carbocycles. The Bertz CT molecular complexity index is 166. The molecule has 0 aromatic heterocycles. The van der Waals surface area contributed by atoms with Gasteiger partial charge in [-0.1, -0.05) is 0 Å². The summed E-state index contributed by atoms with van der Waals surface area (Å²) in [5.41, 5.74) is 0.379. The van der Waals surface area contributed by atoms with Crippen molar-refractivity contribution in [1.82, 2.24) is 0 Å². The zero-order valence-corrected chi connectivity index (χ0v) is 14.8. The van der Waals surface area contributed by atoms with Crippen molar-refractivity contribution in [3.8, 4) is 0 Å². The van der Waals surface area contributed by atoms with Crippen LogP contribution < -0.4 is 0 Å². The number of ether oxygens (including phenoxy) is 1. The fourth-order valence-corrected chi connectivity index (χ4v) is 18.9. The molecule has 0 N–H and O–H groups in total. The number of halogens is 1. The van der Waals surface area contributed by atoms with Crippen molar-refractivity contribution < 1.29 is 26.9 Å². The molecule has 0 heterocycles. The third-order valence-corrected chi connectivity index (χ3v) is 16.6. The molecule has 0 aromatic rings. The van der Waals surface area contributed by atoms with Crippen LogP contribution in [0.5, 0.6) is 0 Å². The Morgan fingerprint density at radius 3 is 2.67 bits per heavy atom. The van der Waals surface area contributed by atoms with Crippen LogP contribution in [0.25, 0.3) is 0 Å². The molecular weight excluding hydrogens is 405 g/mol. The third-order valence-electron chi connectivity index (χ3n) is 3.72. The van der Waals surface area contributed by atoms with Crippen LogP contribution in [0.1, 0.15) is 32.6 Å². The summed E-state index contributed by atoms with van der Waals surface area (Å²) in [6, 6.07) is 0. The first-order valence-corrected chi connectivity index (χ1v) is 20.1. The average Bonchev–Trinajstić information content (AvgIpc) is 2.58. The molecule has 1 nitrogen and oxygen atoms in total. The zero-order chi connectivity index (χ0) is 8.60. The second-order valence-corrected chi connectivity index (χ2v) is 14.4. The second kappa shape index (κ2) is 3.86. The Kier molecular flexibility index (Phi) is 3.19. The molecule has 0 spiro atoms. The van der Waals surface area contributed by atoms with Crippen molar-refractivity contribution in [2.75, 3.05) is 6.61 Å². The van der Waals surface area contributed by atoms with Crippen LogP contribution in [0.4, 0.5) is 0 Å². The quantitative estimate of drug-likeness (QED) is 0.639. The summed E-state index contributed by atoms with van der Waals surface area (Å²) in [7, 11) is 0. The van der Waals surface area contributed by atoms with Crippen molar-refractivity contribution in [3.05, 3.63) is 0 Å². The number of hydrogen-bond acceptors (Lipinski definition) is 1. The standard InChI is InChI=1S/C9H15O.BrH.Hg/c1-2-10-9-5-3-8(7-9)4-6-9;;/h7-8H,2-6H2,1H3;1H;/q;;+1/p-1. The second-order valence-electron chi connectivity index (χ2n) is 4.10. The van der Waals surface area contributed by atoms with Crippen LogP contribution >= 0.6 is 11.9 Å². The number of fused-ring (bicyclic) bond motifs is 2. The Balaban J connectivity index is 2.12. The van der Waals surface area contributed by atoms with E-state index in [9.17, 15) is 0 Å². The summed E-state index contributed by atoms with van der Waals surface area (Å²) >= 11 is 3.11. The summed E-state index contributed by atoms with van der Waals surface area (Å²) in [6.45, 7) is 3.06. The third kappa shape index (κ3) is 1.42. The van der Waals surface area contributed by atoms with Gasteiger partial charge in [0, 0.05) is 0 Å². The first-order chi connectivity index (χ1) is 5.82. The Morgan fingerprint density at radius 1 is 1.50 bits per heavy atom. The van der Waals surface area contributed by atoms with Crippen molar-refractivity contribution >= 4 is 11.9 Å². The minimum atomic E-state index is -0.732. The van der Waals surface area contributed by atoms with Crippen molar-refractivity contribution in [1.29, 1.82) is 0 Å². The fraction of sp³-hybridized carbons (Fsp3) is 1.00. The first kappa shape index (κ1) is 9.91. The summed E-state index contributed by atoms with van der Waals surface area (Å²) in [5, 5.41) is 0. The van der Waals surface area contributed by atoms with E-state index in [-0.39, 0.29) is 0 Å². The van der Waals surface area contributed by atoms with Crippen LogP contribution in [-0.2, 0) is 26.9 Å². The fourth-order valence-electron chi connectivity index (χ4n) is 3.14. The van der Waals surface area contributed by atoms with Crippen molar-refractivity contribution in [3.63, 3.8) is 0 Å². The van der Waals surface area contributed by atoms with E-state index in [4.69, 9.17) is 4.74 Å². The molecule has 12 heavy (non-hydrogen) atoms. The molecule has 2 aliphatic rings. The molecular formula is C9H15BrHgO. The number of rotatable bonds is 3. The number of hydrogen-bond donors (Lipinski definition) is 0. The molecule has 3 heteroatoms. The molecule has 0 unspecified atom stereocenters. The summed E-state index contributed by atoms with van der Waals surface area (Å²) in [4.78, 5) is 0. The summed E-state index contributed by atoms with van der Waals surface area (Å²) in [6.07, 6.45) is 5.64. The average molecular weight is 420 g/mol. The van der Waals surface area contributed by atoms with E-state index < -0.39 is 22.1 Å². The topological polar surface area (TPSA) is 9.23 Å². The van der Waals surface area contributed by atoms with Crippen LogP contribution in [-0.4, -0.2) is 12.2 Å². The monoisotopic (exact) mass is 420 g/mol. The SMILES string of the molecule is CCOC12CCC(CC1)[C@@H]2[Hg][Br]. The summed E-state index contributed by atoms with van der Waals surface area (Å²) < 4.78 is 7.04. The van der Waals surface area contributed by atoms with Gasteiger partial charge in [-0.05, 0) is 0 Å². The Hall–Kier alpha value is 1.38. The molecule has 2 bridgehead atoms. The Labute approximate surface area is 92.3 Å². The van der Waals surface area contributed by atoms with E-state index >= 15 is 0 Å². The van der Waals surface area contributed by atoms with E-state index in [1.807, 2.05) is 0 Å². The maximum atomic E-state index is 6.01. The predicted molar refractivity (Wildman–Crippen MR) is 49.0 cm³/mol. The van der Waals surface area contributed by atoms with Gasteiger partial charge in [0.1, 0.15) is 0 Å². The van der Waals surface area contributed by atoms with Gasteiger partial charge in [0.2, 0.25) is 0 Å². The minimum absolute atomic E-state index is 0.379. The molecule has 2 rings (SSSR count). The van der Waals surface area contributed by atoms with Gasteiger partial charge in [0.25, 0.3) is 0 Å². The van der Waals surface area contributed by atoms with Gasteiger partial charge < -0.3 is 0 Å². The molecule has 0 amide bonds. The van der Waals surface area contributed by atoms with Crippen LogP contribution in [0.2, 0.25) is 3.43 Å². The van der Waals surface area contributed by atoms with Crippen LogP contribution in [0.15, 0.2) is 0 Å². The van der Waals surface area contributed by atoms with Gasteiger partial charge >= 0.3 is 92.9 Å². The maximum absolute atomic E-state index is 6.01.